The summed E-state index contributed by atoms with van der Waals surface area (Å²) in [6.45, 7) is 2.77. The molecule has 1 aromatic carbocycles. The van der Waals surface area contributed by atoms with Crippen LogP contribution < -0.4 is 5.32 Å². The van der Waals surface area contributed by atoms with Gasteiger partial charge in [0.15, 0.2) is 0 Å². The van der Waals surface area contributed by atoms with Crippen LogP contribution in [0.3, 0.4) is 0 Å². The number of carbonyl (C=O) groups excluding carboxylic acids is 2. The summed E-state index contributed by atoms with van der Waals surface area (Å²) in [5, 5.41) is 2.89. The van der Waals surface area contributed by atoms with Gasteiger partial charge in [-0.2, -0.15) is 0 Å². The minimum Gasteiger partial charge on any atom is -0.354 e. The van der Waals surface area contributed by atoms with Crippen molar-refractivity contribution in [3.63, 3.8) is 0 Å². The van der Waals surface area contributed by atoms with E-state index in [1.807, 2.05) is 43.3 Å². The third-order valence-corrected chi connectivity index (χ3v) is 4.84. The molecule has 0 fully saturated rings. The van der Waals surface area contributed by atoms with Gasteiger partial charge in [0, 0.05) is 43.0 Å². The number of amides is 2. The highest BCUT2D eigenvalue weighted by Gasteiger charge is 2.28. The lowest BCUT2D eigenvalue weighted by molar-refractivity contribution is -0.121. The molecule has 7 nitrogen and oxygen atoms in total. The summed E-state index contributed by atoms with van der Waals surface area (Å²) >= 11 is 0. The number of rotatable bonds is 6. The molecule has 0 atom stereocenters. The van der Waals surface area contributed by atoms with Crippen molar-refractivity contribution in [2.45, 2.75) is 19.9 Å². The molecule has 29 heavy (non-hydrogen) atoms. The predicted octanol–water partition coefficient (Wildman–Crippen LogP) is 2.16. The minimum absolute atomic E-state index is 0.0451. The normalized spacial score (nSPS) is 12.7. The molecule has 1 aliphatic heterocycles. The van der Waals surface area contributed by atoms with Crippen LogP contribution >= 0.6 is 0 Å². The minimum atomic E-state index is -0.184. The first-order valence-corrected chi connectivity index (χ1v) is 9.49. The Morgan fingerprint density at radius 3 is 2.72 bits per heavy atom. The summed E-state index contributed by atoms with van der Waals surface area (Å²) in [6.07, 6.45) is 4.04. The number of carbonyl (C=O) groups is 2. The molecule has 3 aromatic rings. The van der Waals surface area contributed by atoms with Crippen LogP contribution in [0.15, 0.2) is 54.9 Å². The highest BCUT2D eigenvalue weighted by atomic mass is 16.2. The smallest absolute Gasteiger partial charge is 0.254 e. The van der Waals surface area contributed by atoms with Gasteiger partial charge in [-0.1, -0.05) is 24.3 Å². The first kappa shape index (κ1) is 18.7. The molecule has 4 rings (SSSR count). The van der Waals surface area contributed by atoms with Gasteiger partial charge in [-0.15, -0.1) is 0 Å². The largest absolute Gasteiger partial charge is 0.354 e. The second-order valence-corrected chi connectivity index (χ2v) is 6.91. The Kier molecular flexibility index (Phi) is 5.29. The molecule has 0 aliphatic carbocycles. The van der Waals surface area contributed by atoms with Crippen LogP contribution in [0.1, 0.15) is 27.4 Å². The number of aryl methyl sites for hydroxylation is 1. The van der Waals surface area contributed by atoms with Gasteiger partial charge in [0.1, 0.15) is 12.4 Å². The van der Waals surface area contributed by atoms with E-state index in [4.69, 9.17) is 0 Å². The van der Waals surface area contributed by atoms with E-state index in [1.54, 1.807) is 23.4 Å². The molecule has 0 spiro atoms. The summed E-state index contributed by atoms with van der Waals surface area (Å²) in [4.78, 5) is 39.5. The molecular weight excluding hydrogens is 366 g/mol. The molecule has 1 aliphatic rings. The summed E-state index contributed by atoms with van der Waals surface area (Å²) in [7, 11) is 0. The van der Waals surface area contributed by atoms with Gasteiger partial charge >= 0.3 is 0 Å². The highest BCUT2D eigenvalue weighted by molar-refractivity contribution is 6.00. The number of hydrogen-bond acceptors (Lipinski definition) is 5. The topological polar surface area (TPSA) is 88.1 Å². The summed E-state index contributed by atoms with van der Waals surface area (Å²) in [5.41, 5.74) is 4.13. The Hall–Kier alpha value is -3.61. The molecule has 7 heteroatoms. The van der Waals surface area contributed by atoms with Crippen molar-refractivity contribution < 1.29 is 9.59 Å². The lowest BCUT2D eigenvalue weighted by Gasteiger charge is -2.15. The number of hydrogen-bond donors (Lipinski definition) is 1. The lowest BCUT2D eigenvalue weighted by Crippen LogP contribution is -2.38. The summed E-state index contributed by atoms with van der Waals surface area (Å²) in [5.74, 6) is 0.391. The van der Waals surface area contributed by atoms with Crippen LogP contribution in [-0.4, -0.2) is 44.8 Å². The summed E-state index contributed by atoms with van der Waals surface area (Å²) < 4.78 is 0. The fourth-order valence-electron chi connectivity index (χ4n) is 3.44. The first-order valence-electron chi connectivity index (χ1n) is 9.49. The highest BCUT2D eigenvalue weighted by Crippen LogP contribution is 2.22. The summed E-state index contributed by atoms with van der Waals surface area (Å²) in [6, 6.07) is 13.1. The first-order chi connectivity index (χ1) is 14.1. The fourth-order valence-corrected chi connectivity index (χ4v) is 3.44. The number of nitrogens with zero attached hydrogens (tertiary/aromatic N) is 4. The molecule has 3 heterocycles. The predicted molar refractivity (Wildman–Crippen MR) is 108 cm³/mol. The fraction of sp³-hybridized carbons (Fsp3) is 0.227. The Bertz CT molecular complexity index is 1050. The van der Waals surface area contributed by atoms with E-state index in [9.17, 15) is 9.59 Å². The zero-order valence-electron chi connectivity index (χ0n) is 16.1. The lowest BCUT2D eigenvalue weighted by atomic mass is 10.1. The molecule has 0 radical (unpaired) electrons. The van der Waals surface area contributed by atoms with Crippen LogP contribution in [0.25, 0.3) is 11.3 Å². The van der Waals surface area contributed by atoms with Crippen LogP contribution in [0.2, 0.25) is 0 Å². The quantitative estimate of drug-likeness (QED) is 0.700. The van der Waals surface area contributed by atoms with E-state index >= 15 is 0 Å². The van der Waals surface area contributed by atoms with Crippen LogP contribution in [0, 0.1) is 6.92 Å². The molecule has 0 saturated carbocycles. The van der Waals surface area contributed by atoms with Gasteiger partial charge in [0.2, 0.25) is 5.91 Å². The van der Waals surface area contributed by atoms with Crippen LogP contribution in [-0.2, 0) is 17.8 Å². The Morgan fingerprint density at radius 1 is 1.10 bits per heavy atom. The van der Waals surface area contributed by atoms with Gasteiger partial charge in [-0.05, 0) is 30.7 Å². The van der Waals surface area contributed by atoms with Crippen LogP contribution in [0.4, 0.5) is 0 Å². The van der Waals surface area contributed by atoms with Crippen molar-refractivity contribution in [3.05, 3.63) is 77.5 Å². The molecule has 0 bridgehead atoms. The Labute approximate surface area is 168 Å². The molecule has 1 N–H and O–H groups in total. The van der Waals surface area contributed by atoms with E-state index in [2.05, 4.69) is 20.3 Å². The number of benzene rings is 1. The standard InChI is InChI=1S/C22H21N5O2/c1-15-25-12-18(19-8-4-5-10-23-19)20(26-15)9-11-24-21(28)14-27-13-16-6-2-3-7-17(16)22(27)29/h2-8,10,12H,9,11,13-14H2,1H3,(H,24,28). The average Bonchev–Trinajstić information content (AvgIpc) is 3.04. The van der Waals surface area contributed by atoms with E-state index in [1.165, 1.54) is 0 Å². The van der Waals surface area contributed by atoms with Crippen molar-refractivity contribution in [1.82, 2.24) is 25.2 Å². The maximum Gasteiger partial charge on any atom is 0.254 e. The number of nitrogens with one attached hydrogen (secondary N) is 1. The number of aromatic nitrogens is 3. The van der Waals surface area contributed by atoms with E-state index in [0.717, 1.165) is 22.5 Å². The molecule has 0 saturated heterocycles. The van der Waals surface area contributed by atoms with Crippen molar-refractivity contribution in [3.8, 4) is 11.3 Å². The zero-order valence-corrected chi connectivity index (χ0v) is 16.1. The van der Waals surface area contributed by atoms with Gasteiger partial charge in [-0.25, -0.2) is 9.97 Å². The van der Waals surface area contributed by atoms with Gasteiger partial charge in [-0.3, -0.25) is 14.6 Å². The van der Waals surface area contributed by atoms with E-state index in [0.29, 0.717) is 30.9 Å². The molecule has 2 amide bonds. The second kappa shape index (κ2) is 8.18. The van der Waals surface area contributed by atoms with Crippen molar-refractivity contribution in [2.75, 3.05) is 13.1 Å². The van der Waals surface area contributed by atoms with E-state index < -0.39 is 0 Å². The molecular formula is C22H21N5O2. The monoisotopic (exact) mass is 387 g/mol. The second-order valence-electron chi connectivity index (χ2n) is 6.91. The maximum atomic E-state index is 12.4. The molecule has 2 aromatic heterocycles. The number of pyridine rings is 1. The zero-order chi connectivity index (χ0) is 20.2. The number of fused-ring (bicyclic) bond motifs is 1. The third-order valence-electron chi connectivity index (χ3n) is 4.84. The average molecular weight is 387 g/mol. The van der Waals surface area contributed by atoms with Crippen molar-refractivity contribution in [2.24, 2.45) is 0 Å². The van der Waals surface area contributed by atoms with E-state index in [-0.39, 0.29) is 18.4 Å². The molecule has 146 valence electrons. The Morgan fingerprint density at radius 2 is 1.93 bits per heavy atom. The molecule has 0 unspecified atom stereocenters. The van der Waals surface area contributed by atoms with Crippen molar-refractivity contribution >= 4 is 11.8 Å². The SMILES string of the molecule is Cc1ncc(-c2ccccn2)c(CCNC(=O)CN2Cc3ccccc3C2=O)n1. The van der Waals surface area contributed by atoms with Gasteiger partial charge in [0.05, 0.1) is 11.4 Å². The van der Waals surface area contributed by atoms with Gasteiger partial charge < -0.3 is 10.2 Å². The van der Waals surface area contributed by atoms with Crippen LogP contribution in [0.5, 0.6) is 0 Å². The maximum absolute atomic E-state index is 12.4. The third kappa shape index (κ3) is 4.13. The van der Waals surface area contributed by atoms with Gasteiger partial charge in [0.25, 0.3) is 5.91 Å². The van der Waals surface area contributed by atoms with Crippen molar-refractivity contribution in [1.29, 1.82) is 0 Å². The Balaban J connectivity index is 1.36.